The Bertz CT molecular complexity index is 410. The van der Waals surface area contributed by atoms with Crippen LogP contribution in [0.4, 0.5) is 0 Å². The van der Waals surface area contributed by atoms with E-state index < -0.39 is 6.10 Å². The summed E-state index contributed by atoms with van der Waals surface area (Å²) in [5.41, 5.74) is 7.24. The fourth-order valence-corrected chi connectivity index (χ4v) is 1.68. The van der Waals surface area contributed by atoms with Gasteiger partial charge in [-0.05, 0) is 24.6 Å². The number of hydrogen-bond donors (Lipinski definition) is 4. The van der Waals surface area contributed by atoms with E-state index in [1.165, 1.54) is 0 Å². The van der Waals surface area contributed by atoms with Crippen molar-refractivity contribution < 1.29 is 15.1 Å². The number of aliphatic hydroxyl groups excluding tert-OH is 1. The maximum Gasteiger partial charge on any atom is 0.170 e. The van der Waals surface area contributed by atoms with Crippen LogP contribution in [-0.2, 0) is 11.3 Å². The van der Waals surface area contributed by atoms with Crippen molar-refractivity contribution in [1.29, 1.82) is 0 Å². The average molecular weight is 267 g/mol. The highest BCUT2D eigenvalue weighted by Crippen LogP contribution is 2.05. The van der Waals surface area contributed by atoms with Crippen LogP contribution in [-0.4, -0.2) is 42.5 Å². The van der Waals surface area contributed by atoms with E-state index in [-0.39, 0.29) is 5.84 Å². The first kappa shape index (κ1) is 15.4. The highest BCUT2D eigenvalue weighted by molar-refractivity contribution is 5.97. The third kappa shape index (κ3) is 5.69. The third-order valence-electron chi connectivity index (χ3n) is 2.67. The number of amidine groups is 1. The van der Waals surface area contributed by atoms with Crippen LogP contribution < -0.4 is 11.1 Å². The predicted octanol–water partition coefficient (Wildman–Crippen LogP) is 0.268. The van der Waals surface area contributed by atoms with Crippen LogP contribution in [0.15, 0.2) is 29.4 Å². The molecule has 0 saturated carbocycles. The number of benzene rings is 1. The van der Waals surface area contributed by atoms with E-state index in [2.05, 4.69) is 10.5 Å². The van der Waals surface area contributed by atoms with Gasteiger partial charge in [-0.1, -0.05) is 23.4 Å². The zero-order valence-corrected chi connectivity index (χ0v) is 11.0. The molecule has 19 heavy (non-hydrogen) atoms. The van der Waals surface area contributed by atoms with E-state index >= 15 is 0 Å². The van der Waals surface area contributed by atoms with E-state index in [1.54, 1.807) is 13.2 Å². The van der Waals surface area contributed by atoms with Crippen molar-refractivity contribution in [3.8, 4) is 0 Å². The van der Waals surface area contributed by atoms with Gasteiger partial charge in [-0.3, -0.25) is 0 Å². The predicted molar refractivity (Wildman–Crippen MR) is 73.2 cm³/mol. The van der Waals surface area contributed by atoms with Crippen LogP contribution in [0.5, 0.6) is 0 Å². The summed E-state index contributed by atoms with van der Waals surface area (Å²) in [4.78, 5) is 0. The third-order valence-corrected chi connectivity index (χ3v) is 2.67. The Labute approximate surface area is 112 Å². The zero-order valence-electron chi connectivity index (χ0n) is 11.0. The van der Waals surface area contributed by atoms with Crippen molar-refractivity contribution in [2.24, 2.45) is 10.9 Å². The molecule has 0 fully saturated rings. The summed E-state index contributed by atoms with van der Waals surface area (Å²) < 4.78 is 4.84. The summed E-state index contributed by atoms with van der Waals surface area (Å²) in [7, 11) is 1.56. The second kappa shape index (κ2) is 8.47. The maximum atomic E-state index is 9.47. The number of rotatable bonds is 8. The van der Waals surface area contributed by atoms with Crippen molar-refractivity contribution >= 4 is 5.84 Å². The molecule has 0 aliphatic rings. The molecule has 1 aromatic carbocycles. The molecule has 1 rings (SSSR count). The topological polar surface area (TPSA) is 100 Å². The first-order chi connectivity index (χ1) is 9.17. The van der Waals surface area contributed by atoms with Gasteiger partial charge in [-0.25, -0.2) is 0 Å². The van der Waals surface area contributed by atoms with Gasteiger partial charge in [0.1, 0.15) is 0 Å². The lowest BCUT2D eigenvalue weighted by Gasteiger charge is -2.10. The summed E-state index contributed by atoms with van der Waals surface area (Å²) in [6, 6.07) is 7.44. The number of nitrogens with one attached hydrogen (secondary N) is 1. The van der Waals surface area contributed by atoms with E-state index in [9.17, 15) is 5.11 Å². The lowest BCUT2D eigenvalue weighted by Crippen LogP contribution is -2.23. The minimum atomic E-state index is -0.444. The van der Waals surface area contributed by atoms with Gasteiger partial charge < -0.3 is 26.1 Å². The lowest BCUT2D eigenvalue weighted by molar-refractivity contribution is 0.0594. The van der Waals surface area contributed by atoms with Crippen LogP contribution in [0.1, 0.15) is 17.5 Å². The van der Waals surface area contributed by atoms with Crippen LogP contribution in [0.25, 0.3) is 0 Å². The molecule has 0 aliphatic carbocycles. The molecule has 1 atom stereocenters. The first-order valence-corrected chi connectivity index (χ1v) is 6.12. The molecule has 5 N–H and O–H groups in total. The first-order valence-electron chi connectivity index (χ1n) is 6.12. The molecule has 6 heteroatoms. The molecule has 0 saturated heterocycles. The second-order valence-electron chi connectivity index (χ2n) is 4.26. The molecule has 0 radical (unpaired) electrons. The molecule has 0 aromatic heterocycles. The van der Waals surface area contributed by atoms with Crippen molar-refractivity contribution in [3.05, 3.63) is 35.4 Å². The second-order valence-corrected chi connectivity index (χ2v) is 4.26. The van der Waals surface area contributed by atoms with Gasteiger partial charge in [0, 0.05) is 19.2 Å². The minimum absolute atomic E-state index is 0.0948. The Morgan fingerprint density at radius 1 is 1.53 bits per heavy atom. The molecule has 0 aliphatic heterocycles. The van der Waals surface area contributed by atoms with Gasteiger partial charge >= 0.3 is 0 Å². The Balaban J connectivity index is 2.37. The highest BCUT2D eigenvalue weighted by atomic mass is 16.5. The zero-order chi connectivity index (χ0) is 14.1. The SMILES string of the molecule is COCC(O)CCNCc1cccc(/C(N)=N/O)c1. The standard InChI is InChI=1S/C13H21N3O3/c1-19-9-12(17)5-6-15-8-10-3-2-4-11(7-10)13(14)16-18/h2-4,7,12,15,17-18H,5-6,8-9H2,1H3,(H2,14,16). The minimum Gasteiger partial charge on any atom is -0.409 e. The Hall–Kier alpha value is -1.63. The number of nitrogens with zero attached hydrogens (tertiary/aromatic N) is 1. The summed E-state index contributed by atoms with van der Waals surface area (Å²) in [5.74, 6) is 0.0948. The summed E-state index contributed by atoms with van der Waals surface area (Å²) >= 11 is 0. The fraction of sp³-hybridized carbons (Fsp3) is 0.462. The summed E-state index contributed by atoms with van der Waals surface area (Å²) in [6.07, 6.45) is 0.189. The van der Waals surface area contributed by atoms with Crippen LogP contribution in [0.2, 0.25) is 0 Å². The van der Waals surface area contributed by atoms with Gasteiger partial charge in [0.05, 0.1) is 12.7 Å². The average Bonchev–Trinajstić information content (AvgIpc) is 2.43. The summed E-state index contributed by atoms with van der Waals surface area (Å²) in [6.45, 7) is 1.70. The lowest BCUT2D eigenvalue weighted by atomic mass is 10.1. The molecule has 6 nitrogen and oxygen atoms in total. The van der Waals surface area contributed by atoms with Gasteiger partial charge in [-0.15, -0.1) is 0 Å². The van der Waals surface area contributed by atoms with Crippen molar-refractivity contribution in [1.82, 2.24) is 5.32 Å². The maximum absolute atomic E-state index is 9.47. The Kier molecular flexibility index (Phi) is 6.88. The van der Waals surface area contributed by atoms with E-state index in [0.29, 0.717) is 31.7 Å². The van der Waals surface area contributed by atoms with Crippen LogP contribution in [0.3, 0.4) is 0 Å². The number of oxime groups is 1. The van der Waals surface area contributed by atoms with Gasteiger partial charge in [-0.2, -0.15) is 0 Å². The Morgan fingerprint density at radius 3 is 3.00 bits per heavy atom. The molecular formula is C13H21N3O3. The van der Waals surface area contributed by atoms with Gasteiger partial charge in [0.2, 0.25) is 0 Å². The molecule has 0 spiro atoms. The molecule has 0 heterocycles. The molecule has 0 amide bonds. The number of methoxy groups -OCH3 is 1. The number of aliphatic hydroxyl groups is 1. The normalized spacial score (nSPS) is 13.5. The van der Waals surface area contributed by atoms with Crippen molar-refractivity contribution in [2.45, 2.75) is 19.1 Å². The summed E-state index contributed by atoms with van der Waals surface area (Å²) in [5, 5.41) is 24.3. The molecule has 1 unspecified atom stereocenters. The smallest absolute Gasteiger partial charge is 0.170 e. The van der Waals surface area contributed by atoms with E-state index in [1.807, 2.05) is 18.2 Å². The van der Waals surface area contributed by atoms with Gasteiger partial charge in [0.15, 0.2) is 5.84 Å². The van der Waals surface area contributed by atoms with E-state index in [0.717, 1.165) is 5.56 Å². The number of hydrogen-bond acceptors (Lipinski definition) is 5. The molecular weight excluding hydrogens is 246 g/mol. The molecule has 0 bridgehead atoms. The quantitative estimate of drug-likeness (QED) is 0.178. The Morgan fingerprint density at radius 2 is 2.32 bits per heavy atom. The van der Waals surface area contributed by atoms with Crippen LogP contribution >= 0.6 is 0 Å². The molecule has 1 aromatic rings. The largest absolute Gasteiger partial charge is 0.409 e. The monoisotopic (exact) mass is 267 g/mol. The van der Waals surface area contributed by atoms with Crippen molar-refractivity contribution in [2.75, 3.05) is 20.3 Å². The molecule has 106 valence electrons. The fourth-order valence-electron chi connectivity index (χ4n) is 1.68. The highest BCUT2D eigenvalue weighted by Gasteiger charge is 2.03. The van der Waals surface area contributed by atoms with Crippen LogP contribution in [0, 0.1) is 0 Å². The number of nitrogens with two attached hydrogens (primary N) is 1. The van der Waals surface area contributed by atoms with Gasteiger partial charge in [0.25, 0.3) is 0 Å². The van der Waals surface area contributed by atoms with Crippen molar-refractivity contribution in [3.63, 3.8) is 0 Å². The van der Waals surface area contributed by atoms with E-state index in [4.69, 9.17) is 15.7 Å². The number of ether oxygens (including phenoxy) is 1.